The summed E-state index contributed by atoms with van der Waals surface area (Å²) in [5, 5.41) is 2.50. The molecule has 6 heteroatoms. The van der Waals surface area contributed by atoms with Crippen LogP contribution in [0, 0.1) is 11.6 Å². The lowest BCUT2D eigenvalue weighted by molar-refractivity contribution is 0.0960. The highest BCUT2D eigenvalue weighted by molar-refractivity contribution is 7.99. The van der Waals surface area contributed by atoms with Gasteiger partial charge in [-0.1, -0.05) is 11.8 Å². The standard InChI is InChI=1S/C14H12F2N2OS/c1-18-14(19)10-4-3-9(17)7-13(10)20-12-5-2-8(15)6-11(12)16/h2-7H,17H2,1H3,(H,18,19). The first-order valence-corrected chi connectivity index (χ1v) is 6.57. The van der Waals surface area contributed by atoms with E-state index < -0.39 is 11.6 Å². The number of hydrogen-bond donors (Lipinski definition) is 2. The summed E-state index contributed by atoms with van der Waals surface area (Å²) in [4.78, 5) is 12.5. The fourth-order valence-electron chi connectivity index (χ4n) is 1.62. The molecule has 0 heterocycles. The van der Waals surface area contributed by atoms with Crippen LogP contribution in [0.3, 0.4) is 0 Å². The number of nitrogens with one attached hydrogen (secondary N) is 1. The maximum Gasteiger partial charge on any atom is 0.252 e. The average molecular weight is 294 g/mol. The molecular weight excluding hydrogens is 282 g/mol. The van der Waals surface area contributed by atoms with Gasteiger partial charge in [-0.05, 0) is 30.3 Å². The van der Waals surface area contributed by atoms with Crippen molar-refractivity contribution in [1.29, 1.82) is 0 Å². The number of anilines is 1. The van der Waals surface area contributed by atoms with Crippen molar-refractivity contribution >= 4 is 23.4 Å². The predicted octanol–water partition coefficient (Wildman–Crippen LogP) is 3.06. The van der Waals surface area contributed by atoms with Gasteiger partial charge in [0.05, 0.1) is 5.56 Å². The maximum atomic E-state index is 13.7. The number of nitrogens with two attached hydrogens (primary N) is 1. The van der Waals surface area contributed by atoms with Gasteiger partial charge in [0.2, 0.25) is 0 Å². The zero-order valence-electron chi connectivity index (χ0n) is 10.6. The van der Waals surface area contributed by atoms with E-state index in [-0.39, 0.29) is 10.8 Å². The van der Waals surface area contributed by atoms with Gasteiger partial charge in [0, 0.05) is 28.6 Å². The summed E-state index contributed by atoms with van der Waals surface area (Å²) >= 11 is 1.02. The van der Waals surface area contributed by atoms with Crippen LogP contribution < -0.4 is 11.1 Å². The van der Waals surface area contributed by atoms with Gasteiger partial charge < -0.3 is 11.1 Å². The molecule has 20 heavy (non-hydrogen) atoms. The van der Waals surface area contributed by atoms with E-state index in [1.54, 1.807) is 18.2 Å². The molecule has 0 aromatic heterocycles. The van der Waals surface area contributed by atoms with Crippen LogP contribution in [0.2, 0.25) is 0 Å². The van der Waals surface area contributed by atoms with Gasteiger partial charge in [-0.15, -0.1) is 0 Å². The summed E-state index contributed by atoms with van der Waals surface area (Å²) in [7, 11) is 1.51. The summed E-state index contributed by atoms with van der Waals surface area (Å²) in [6.07, 6.45) is 0. The third-order valence-corrected chi connectivity index (χ3v) is 3.70. The summed E-state index contributed by atoms with van der Waals surface area (Å²) in [6.45, 7) is 0. The zero-order chi connectivity index (χ0) is 14.7. The highest BCUT2D eigenvalue weighted by Gasteiger charge is 2.13. The minimum absolute atomic E-state index is 0.224. The molecule has 0 saturated heterocycles. The molecule has 0 aliphatic carbocycles. The fraction of sp³-hybridized carbons (Fsp3) is 0.0714. The Balaban J connectivity index is 2.41. The Morgan fingerprint density at radius 2 is 1.90 bits per heavy atom. The van der Waals surface area contributed by atoms with Gasteiger partial charge in [0.25, 0.3) is 5.91 Å². The van der Waals surface area contributed by atoms with Crippen molar-refractivity contribution in [1.82, 2.24) is 5.32 Å². The first-order valence-electron chi connectivity index (χ1n) is 5.76. The Morgan fingerprint density at radius 3 is 2.55 bits per heavy atom. The van der Waals surface area contributed by atoms with Crippen LogP contribution in [0.15, 0.2) is 46.2 Å². The molecule has 0 aliphatic rings. The third-order valence-electron chi connectivity index (χ3n) is 2.59. The molecule has 0 saturated carbocycles. The Morgan fingerprint density at radius 1 is 1.15 bits per heavy atom. The molecule has 0 radical (unpaired) electrons. The molecule has 0 fully saturated rings. The van der Waals surface area contributed by atoms with E-state index in [0.717, 1.165) is 23.9 Å². The number of halogens is 2. The normalized spacial score (nSPS) is 10.3. The third kappa shape index (κ3) is 3.08. The fourth-order valence-corrected chi connectivity index (χ4v) is 2.62. The van der Waals surface area contributed by atoms with E-state index >= 15 is 0 Å². The van der Waals surface area contributed by atoms with E-state index in [1.165, 1.54) is 13.1 Å². The van der Waals surface area contributed by atoms with Crippen LogP contribution in [0.5, 0.6) is 0 Å². The Bertz CT molecular complexity index is 662. The molecular formula is C14H12F2N2OS. The van der Waals surface area contributed by atoms with E-state index in [1.807, 2.05) is 0 Å². The summed E-state index contributed by atoms with van der Waals surface area (Å²) < 4.78 is 26.5. The van der Waals surface area contributed by atoms with Crippen molar-refractivity contribution in [2.45, 2.75) is 9.79 Å². The first-order chi connectivity index (χ1) is 9.51. The molecule has 0 unspecified atom stereocenters. The van der Waals surface area contributed by atoms with Crippen LogP contribution in [-0.4, -0.2) is 13.0 Å². The lowest BCUT2D eigenvalue weighted by Gasteiger charge is -2.09. The molecule has 2 rings (SSSR count). The van der Waals surface area contributed by atoms with Crippen LogP contribution in [0.25, 0.3) is 0 Å². The van der Waals surface area contributed by atoms with Crippen molar-refractivity contribution in [3.63, 3.8) is 0 Å². The van der Waals surface area contributed by atoms with E-state index in [0.29, 0.717) is 16.1 Å². The van der Waals surface area contributed by atoms with Gasteiger partial charge in [0.15, 0.2) is 0 Å². The van der Waals surface area contributed by atoms with Crippen molar-refractivity contribution < 1.29 is 13.6 Å². The Kier molecular flexibility index (Phi) is 4.24. The second-order valence-electron chi connectivity index (χ2n) is 4.01. The van der Waals surface area contributed by atoms with Gasteiger partial charge in [-0.3, -0.25) is 4.79 Å². The second kappa shape index (κ2) is 5.92. The summed E-state index contributed by atoms with van der Waals surface area (Å²) in [6, 6.07) is 8.03. The highest BCUT2D eigenvalue weighted by atomic mass is 32.2. The average Bonchev–Trinajstić information content (AvgIpc) is 2.41. The Labute approximate surface area is 119 Å². The predicted molar refractivity (Wildman–Crippen MR) is 74.7 cm³/mol. The summed E-state index contributed by atoms with van der Waals surface area (Å²) in [5.74, 6) is -1.62. The number of rotatable bonds is 3. The maximum absolute atomic E-state index is 13.7. The molecule has 0 aliphatic heterocycles. The first kappa shape index (κ1) is 14.3. The van der Waals surface area contributed by atoms with Gasteiger partial charge in [-0.25, -0.2) is 8.78 Å². The molecule has 3 N–H and O–H groups in total. The highest BCUT2D eigenvalue weighted by Crippen LogP contribution is 2.33. The number of hydrogen-bond acceptors (Lipinski definition) is 3. The topological polar surface area (TPSA) is 55.1 Å². The lowest BCUT2D eigenvalue weighted by atomic mass is 10.2. The molecule has 0 atom stereocenters. The molecule has 2 aromatic carbocycles. The molecule has 0 spiro atoms. The largest absolute Gasteiger partial charge is 0.399 e. The number of carbonyl (C=O) groups excluding carboxylic acids is 1. The van der Waals surface area contributed by atoms with Gasteiger partial charge >= 0.3 is 0 Å². The van der Waals surface area contributed by atoms with E-state index in [4.69, 9.17) is 5.73 Å². The van der Waals surface area contributed by atoms with Crippen molar-refractivity contribution in [3.05, 3.63) is 53.6 Å². The quantitative estimate of drug-likeness (QED) is 0.855. The minimum Gasteiger partial charge on any atom is -0.399 e. The van der Waals surface area contributed by atoms with Crippen LogP contribution in [0.1, 0.15) is 10.4 Å². The zero-order valence-corrected chi connectivity index (χ0v) is 11.4. The number of nitrogen functional groups attached to an aromatic ring is 1. The SMILES string of the molecule is CNC(=O)c1ccc(N)cc1Sc1ccc(F)cc1F. The number of carbonyl (C=O) groups is 1. The smallest absolute Gasteiger partial charge is 0.252 e. The van der Waals surface area contributed by atoms with E-state index in [2.05, 4.69) is 5.32 Å². The van der Waals surface area contributed by atoms with Crippen molar-refractivity contribution in [3.8, 4) is 0 Å². The number of benzene rings is 2. The minimum atomic E-state index is -0.680. The van der Waals surface area contributed by atoms with Gasteiger partial charge in [-0.2, -0.15) is 0 Å². The molecule has 0 bridgehead atoms. The molecule has 104 valence electrons. The van der Waals surface area contributed by atoms with Crippen LogP contribution >= 0.6 is 11.8 Å². The second-order valence-corrected chi connectivity index (χ2v) is 5.10. The van der Waals surface area contributed by atoms with Crippen LogP contribution in [-0.2, 0) is 0 Å². The molecule has 3 nitrogen and oxygen atoms in total. The monoisotopic (exact) mass is 294 g/mol. The lowest BCUT2D eigenvalue weighted by Crippen LogP contribution is -2.18. The van der Waals surface area contributed by atoms with Crippen LogP contribution in [0.4, 0.5) is 14.5 Å². The van der Waals surface area contributed by atoms with E-state index in [9.17, 15) is 13.6 Å². The molecule has 1 amide bonds. The van der Waals surface area contributed by atoms with Crippen molar-refractivity contribution in [2.75, 3.05) is 12.8 Å². The molecule has 2 aromatic rings. The van der Waals surface area contributed by atoms with Gasteiger partial charge in [0.1, 0.15) is 11.6 Å². The Hall–Kier alpha value is -2.08. The number of amides is 1. The van der Waals surface area contributed by atoms with Crippen molar-refractivity contribution in [2.24, 2.45) is 0 Å². The summed E-state index contributed by atoms with van der Waals surface area (Å²) in [5.41, 5.74) is 6.53.